The summed E-state index contributed by atoms with van der Waals surface area (Å²) in [6.45, 7) is 2.18. The molecule has 1 aromatic heterocycles. The van der Waals surface area contributed by atoms with E-state index in [2.05, 4.69) is 26.2 Å². The second-order valence-corrected chi connectivity index (χ2v) is 6.34. The summed E-state index contributed by atoms with van der Waals surface area (Å²) in [6, 6.07) is 9.30. The van der Waals surface area contributed by atoms with E-state index in [1.165, 1.54) is 6.92 Å². The molecule has 0 fully saturated rings. The maximum atomic E-state index is 12.3. The minimum Gasteiger partial charge on any atom is -0.324 e. The van der Waals surface area contributed by atoms with Gasteiger partial charge in [0.2, 0.25) is 11.8 Å². The van der Waals surface area contributed by atoms with Gasteiger partial charge in [-0.1, -0.05) is 22.0 Å². The Labute approximate surface area is 142 Å². The molecule has 0 bridgehead atoms. The molecule has 1 N–H and O–H groups in total. The molecule has 3 rings (SSSR count). The second-order valence-electron chi connectivity index (χ2n) is 5.43. The van der Waals surface area contributed by atoms with Crippen molar-refractivity contribution < 1.29 is 9.59 Å². The lowest BCUT2D eigenvalue weighted by Gasteiger charge is -2.19. The van der Waals surface area contributed by atoms with E-state index in [0.29, 0.717) is 17.9 Å². The third kappa shape index (κ3) is 3.42. The molecule has 0 atom stereocenters. The number of hydrogen-bond donors (Lipinski definition) is 1. The highest BCUT2D eigenvalue weighted by Crippen LogP contribution is 2.38. The van der Waals surface area contributed by atoms with E-state index in [9.17, 15) is 9.59 Å². The standard InChI is InChI=1S/C17H16BrN3O2/c1-11(22)21-7-5-12-8-13(18)9-15(17(12)21)20-16(23)10-14-4-2-3-6-19-14/h2-4,6,8-9H,5,7,10H2,1H3,(H,20,23). The molecular weight excluding hydrogens is 358 g/mol. The van der Waals surface area contributed by atoms with Crippen molar-refractivity contribution in [2.45, 2.75) is 19.8 Å². The van der Waals surface area contributed by atoms with E-state index < -0.39 is 0 Å². The van der Waals surface area contributed by atoms with Crippen LogP contribution in [0.3, 0.4) is 0 Å². The van der Waals surface area contributed by atoms with E-state index in [1.807, 2.05) is 30.3 Å². The molecule has 0 radical (unpaired) electrons. The molecule has 23 heavy (non-hydrogen) atoms. The highest BCUT2D eigenvalue weighted by molar-refractivity contribution is 9.10. The van der Waals surface area contributed by atoms with Gasteiger partial charge in [0.1, 0.15) is 0 Å². The first kappa shape index (κ1) is 15.7. The summed E-state index contributed by atoms with van der Waals surface area (Å²) in [5, 5.41) is 2.91. The summed E-state index contributed by atoms with van der Waals surface area (Å²) in [5.41, 5.74) is 3.22. The number of anilines is 2. The zero-order valence-corrected chi connectivity index (χ0v) is 14.3. The van der Waals surface area contributed by atoms with Crippen LogP contribution in [0.2, 0.25) is 0 Å². The topological polar surface area (TPSA) is 62.3 Å². The molecule has 2 aromatic rings. The molecule has 0 unspecified atom stereocenters. The van der Waals surface area contributed by atoms with Crippen LogP contribution in [0.4, 0.5) is 11.4 Å². The smallest absolute Gasteiger partial charge is 0.230 e. The maximum absolute atomic E-state index is 12.3. The minimum atomic E-state index is -0.153. The molecule has 0 saturated carbocycles. The molecule has 2 heterocycles. The summed E-state index contributed by atoms with van der Waals surface area (Å²) in [5.74, 6) is -0.175. The Morgan fingerprint density at radius 3 is 2.87 bits per heavy atom. The lowest BCUT2D eigenvalue weighted by atomic mass is 10.1. The number of carbonyl (C=O) groups is 2. The van der Waals surface area contributed by atoms with Crippen molar-refractivity contribution in [1.82, 2.24) is 4.98 Å². The first-order valence-corrected chi connectivity index (χ1v) is 8.14. The van der Waals surface area contributed by atoms with Crippen LogP contribution in [0.5, 0.6) is 0 Å². The van der Waals surface area contributed by atoms with Gasteiger partial charge in [-0.25, -0.2) is 0 Å². The normalized spacial score (nSPS) is 12.9. The van der Waals surface area contributed by atoms with E-state index in [-0.39, 0.29) is 18.2 Å². The first-order chi connectivity index (χ1) is 11.0. The largest absolute Gasteiger partial charge is 0.324 e. The van der Waals surface area contributed by atoms with Crippen LogP contribution < -0.4 is 10.2 Å². The van der Waals surface area contributed by atoms with Crippen molar-refractivity contribution in [3.63, 3.8) is 0 Å². The van der Waals surface area contributed by atoms with E-state index in [0.717, 1.165) is 22.1 Å². The van der Waals surface area contributed by atoms with Crippen molar-refractivity contribution in [3.8, 4) is 0 Å². The quantitative estimate of drug-likeness (QED) is 0.899. The van der Waals surface area contributed by atoms with Crippen LogP contribution in [0, 0.1) is 0 Å². The highest BCUT2D eigenvalue weighted by Gasteiger charge is 2.26. The second kappa shape index (κ2) is 6.50. The predicted octanol–water partition coefficient (Wildman–Crippen LogP) is 2.93. The number of amides is 2. The minimum absolute atomic E-state index is 0.0219. The Hall–Kier alpha value is -2.21. The molecule has 0 aliphatic carbocycles. The van der Waals surface area contributed by atoms with E-state index in [4.69, 9.17) is 0 Å². The first-order valence-electron chi connectivity index (χ1n) is 7.35. The fourth-order valence-corrected chi connectivity index (χ4v) is 3.29. The third-order valence-electron chi connectivity index (χ3n) is 3.75. The zero-order valence-electron chi connectivity index (χ0n) is 12.7. The van der Waals surface area contributed by atoms with E-state index in [1.54, 1.807) is 11.1 Å². The number of pyridine rings is 1. The van der Waals surface area contributed by atoms with Crippen LogP contribution in [0.15, 0.2) is 41.0 Å². The third-order valence-corrected chi connectivity index (χ3v) is 4.21. The zero-order chi connectivity index (χ0) is 16.4. The van der Waals surface area contributed by atoms with Crippen molar-refractivity contribution in [3.05, 3.63) is 52.3 Å². The molecule has 6 heteroatoms. The number of nitrogens with zero attached hydrogens (tertiary/aromatic N) is 2. The van der Waals surface area contributed by atoms with Crippen LogP contribution in [0.25, 0.3) is 0 Å². The van der Waals surface area contributed by atoms with Gasteiger partial charge in [0.15, 0.2) is 0 Å². The van der Waals surface area contributed by atoms with Crippen molar-refractivity contribution in [2.24, 2.45) is 0 Å². The molecular formula is C17H16BrN3O2. The Kier molecular flexibility index (Phi) is 4.43. The molecule has 1 aliphatic rings. The molecule has 0 spiro atoms. The SMILES string of the molecule is CC(=O)N1CCc2cc(Br)cc(NC(=O)Cc3ccccn3)c21. The van der Waals surface area contributed by atoms with Gasteiger partial charge in [0.05, 0.1) is 17.8 Å². The Balaban J connectivity index is 1.85. The monoisotopic (exact) mass is 373 g/mol. The molecule has 1 aliphatic heterocycles. The van der Waals surface area contributed by atoms with Crippen molar-refractivity contribution in [2.75, 3.05) is 16.8 Å². The number of fused-ring (bicyclic) bond motifs is 1. The van der Waals surface area contributed by atoms with Crippen molar-refractivity contribution in [1.29, 1.82) is 0 Å². The Morgan fingerprint density at radius 1 is 1.35 bits per heavy atom. The van der Waals surface area contributed by atoms with Gasteiger partial charge in [-0.15, -0.1) is 0 Å². The number of rotatable bonds is 3. The van der Waals surface area contributed by atoms with Gasteiger partial charge in [0, 0.05) is 29.8 Å². The van der Waals surface area contributed by atoms with Gasteiger partial charge in [-0.3, -0.25) is 14.6 Å². The molecule has 2 amide bonds. The van der Waals surface area contributed by atoms with Crippen molar-refractivity contribution >= 4 is 39.1 Å². The van der Waals surface area contributed by atoms with Crippen LogP contribution >= 0.6 is 15.9 Å². The average Bonchev–Trinajstić information content (AvgIpc) is 2.92. The number of halogens is 1. The lowest BCUT2D eigenvalue weighted by Crippen LogP contribution is -2.27. The predicted molar refractivity (Wildman–Crippen MR) is 92.4 cm³/mol. The number of hydrogen-bond acceptors (Lipinski definition) is 3. The number of nitrogens with one attached hydrogen (secondary N) is 1. The summed E-state index contributed by atoms with van der Waals surface area (Å²) in [4.78, 5) is 30.0. The maximum Gasteiger partial charge on any atom is 0.230 e. The summed E-state index contributed by atoms with van der Waals surface area (Å²) in [7, 11) is 0. The van der Waals surface area contributed by atoms with Gasteiger partial charge in [-0.05, 0) is 36.2 Å². The molecule has 5 nitrogen and oxygen atoms in total. The highest BCUT2D eigenvalue weighted by atomic mass is 79.9. The average molecular weight is 374 g/mol. The summed E-state index contributed by atoms with van der Waals surface area (Å²) in [6.07, 6.45) is 2.65. The van der Waals surface area contributed by atoms with Crippen LogP contribution in [0.1, 0.15) is 18.2 Å². The molecule has 118 valence electrons. The summed E-state index contributed by atoms with van der Waals surface area (Å²) >= 11 is 3.46. The van der Waals surface area contributed by atoms with Gasteiger partial charge >= 0.3 is 0 Å². The van der Waals surface area contributed by atoms with Crippen LogP contribution in [-0.2, 0) is 22.4 Å². The lowest BCUT2D eigenvalue weighted by molar-refractivity contribution is -0.117. The van der Waals surface area contributed by atoms with Crippen LogP contribution in [-0.4, -0.2) is 23.3 Å². The van der Waals surface area contributed by atoms with Gasteiger partial charge in [0.25, 0.3) is 0 Å². The molecule has 0 saturated heterocycles. The Bertz CT molecular complexity index is 762. The summed E-state index contributed by atoms with van der Waals surface area (Å²) < 4.78 is 0.884. The van der Waals surface area contributed by atoms with Gasteiger partial charge in [-0.2, -0.15) is 0 Å². The number of carbonyl (C=O) groups excluding carboxylic acids is 2. The number of benzene rings is 1. The number of aromatic nitrogens is 1. The van der Waals surface area contributed by atoms with Gasteiger partial charge < -0.3 is 10.2 Å². The Morgan fingerprint density at radius 2 is 2.17 bits per heavy atom. The fraction of sp³-hybridized carbons (Fsp3) is 0.235. The van der Waals surface area contributed by atoms with E-state index >= 15 is 0 Å². The fourth-order valence-electron chi connectivity index (χ4n) is 2.78. The molecule has 1 aromatic carbocycles.